The van der Waals surface area contributed by atoms with Crippen LogP contribution in [0.15, 0.2) is 54.9 Å². The number of nitrogens with one attached hydrogen (secondary N) is 1. The molecule has 4 rings (SSSR count). The Morgan fingerprint density at radius 3 is 2.62 bits per heavy atom. The molecular formula is C23H25ClN6O2. The third-order valence-electron chi connectivity index (χ3n) is 5.45. The van der Waals surface area contributed by atoms with Gasteiger partial charge in [-0.3, -0.25) is 4.79 Å². The maximum atomic E-state index is 13.3. The summed E-state index contributed by atoms with van der Waals surface area (Å²) in [5.41, 5.74) is 2.05. The minimum atomic E-state index is -0.196. The van der Waals surface area contributed by atoms with E-state index in [1.807, 2.05) is 25.1 Å². The van der Waals surface area contributed by atoms with Crippen LogP contribution in [-0.4, -0.2) is 62.7 Å². The quantitative estimate of drug-likeness (QED) is 0.651. The van der Waals surface area contributed by atoms with Crippen LogP contribution in [-0.2, 0) is 6.42 Å². The highest BCUT2D eigenvalue weighted by molar-refractivity contribution is 6.30. The molecule has 0 radical (unpaired) electrons. The molecular weight excluding hydrogens is 428 g/mol. The first-order chi connectivity index (χ1) is 15.6. The van der Waals surface area contributed by atoms with Crippen LogP contribution in [0.1, 0.15) is 29.4 Å². The molecule has 1 aromatic carbocycles. The van der Waals surface area contributed by atoms with Gasteiger partial charge in [0.25, 0.3) is 5.91 Å². The number of carbonyl (C=O) groups excluding carboxylic acids is 2. The normalized spacial score (nSPS) is 14.2. The summed E-state index contributed by atoms with van der Waals surface area (Å²) in [4.78, 5) is 33.9. The highest BCUT2D eigenvalue weighted by atomic mass is 35.5. The van der Waals surface area contributed by atoms with E-state index < -0.39 is 0 Å². The summed E-state index contributed by atoms with van der Waals surface area (Å²) < 4.78 is 1.72. The molecule has 0 aliphatic carbocycles. The van der Waals surface area contributed by atoms with Gasteiger partial charge in [0, 0.05) is 43.1 Å². The minimum Gasteiger partial charge on any atom is -0.337 e. The van der Waals surface area contributed by atoms with Crippen LogP contribution in [0.5, 0.6) is 0 Å². The number of aromatic nitrogens is 3. The molecule has 0 spiro atoms. The van der Waals surface area contributed by atoms with E-state index in [2.05, 4.69) is 15.4 Å². The zero-order valence-electron chi connectivity index (χ0n) is 17.9. The number of rotatable bonds is 4. The van der Waals surface area contributed by atoms with Crippen molar-refractivity contribution in [3.05, 3.63) is 71.1 Å². The fraction of sp³-hybridized carbons (Fsp3) is 0.304. The zero-order chi connectivity index (χ0) is 22.5. The van der Waals surface area contributed by atoms with E-state index in [4.69, 9.17) is 11.6 Å². The van der Waals surface area contributed by atoms with Crippen molar-refractivity contribution in [2.45, 2.75) is 19.8 Å². The van der Waals surface area contributed by atoms with Crippen molar-refractivity contribution >= 4 is 29.2 Å². The highest BCUT2D eigenvalue weighted by Crippen LogP contribution is 2.19. The molecule has 1 aliphatic rings. The number of benzene rings is 1. The average molecular weight is 453 g/mol. The molecule has 8 nitrogen and oxygen atoms in total. The van der Waals surface area contributed by atoms with E-state index in [9.17, 15) is 9.59 Å². The summed E-state index contributed by atoms with van der Waals surface area (Å²) in [5, 5.41) is 7.85. The molecule has 3 amide bonds. The van der Waals surface area contributed by atoms with Crippen molar-refractivity contribution in [3.8, 4) is 5.82 Å². The van der Waals surface area contributed by atoms with Crippen molar-refractivity contribution < 1.29 is 9.59 Å². The second-order valence-corrected chi connectivity index (χ2v) is 7.97. The Morgan fingerprint density at radius 1 is 1.06 bits per heavy atom. The van der Waals surface area contributed by atoms with Gasteiger partial charge in [-0.2, -0.15) is 5.10 Å². The lowest BCUT2D eigenvalue weighted by Gasteiger charge is -2.22. The lowest BCUT2D eigenvalue weighted by atomic mass is 10.1. The molecule has 1 N–H and O–H groups in total. The van der Waals surface area contributed by atoms with Crippen molar-refractivity contribution in [1.82, 2.24) is 24.6 Å². The van der Waals surface area contributed by atoms with Gasteiger partial charge in [-0.15, -0.1) is 0 Å². The number of carbonyl (C=O) groups is 2. The van der Waals surface area contributed by atoms with E-state index in [1.54, 1.807) is 51.1 Å². The van der Waals surface area contributed by atoms with Crippen LogP contribution in [0, 0.1) is 0 Å². The van der Waals surface area contributed by atoms with E-state index in [-0.39, 0.29) is 11.9 Å². The number of urea groups is 1. The van der Waals surface area contributed by atoms with Gasteiger partial charge in [-0.05, 0) is 43.2 Å². The van der Waals surface area contributed by atoms with Crippen molar-refractivity contribution in [1.29, 1.82) is 0 Å². The Hall–Kier alpha value is -3.39. The van der Waals surface area contributed by atoms with Crippen LogP contribution < -0.4 is 5.32 Å². The van der Waals surface area contributed by atoms with Gasteiger partial charge in [0.05, 0.1) is 17.5 Å². The molecule has 2 aromatic heterocycles. The fourth-order valence-corrected chi connectivity index (χ4v) is 4.02. The van der Waals surface area contributed by atoms with Gasteiger partial charge in [-0.25, -0.2) is 14.5 Å². The van der Waals surface area contributed by atoms with Crippen molar-refractivity contribution in [2.75, 3.05) is 31.5 Å². The summed E-state index contributed by atoms with van der Waals surface area (Å²) in [5.74, 6) is 0.615. The standard InChI is InChI=1S/C23H25ClN6O2/c1-2-20-19(16-26-30(20)21-9-3-4-10-25-21)22(31)28-11-6-12-29(14-13-28)23(32)27-18-8-5-7-17(24)15-18/h3-5,7-10,15-16H,2,6,11-14H2,1H3,(H,27,32). The molecule has 0 saturated carbocycles. The van der Waals surface area contributed by atoms with Gasteiger partial charge in [0.2, 0.25) is 0 Å². The second-order valence-electron chi connectivity index (χ2n) is 7.53. The summed E-state index contributed by atoms with van der Waals surface area (Å²) in [7, 11) is 0. The Bertz CT molecular complexity index is 1100. The third kappa shape index (κ3) is 4.75. The zero-order valence-corrected chi connectivity index (χ0v) is 18.6. The Morgan fingerprint density at radius 2 is 1.88 bits per heavy atom. The molecule has 1 fully saturated rings. The van der Waals surface area contributed by atoms with Gasteiger partial charge in [-0.1, -0.05) is 30.7 Å². The third-order valence-corrected chi connectivity index (χ3v) is 5.68. The van der Waals surface area contributed by atoms with Crippen molar-refractivity contribution in [2.24, 2.45) is 0 Å². The molecule has 0 atom stereocenters. The van der Waals surface area contributed by atoms with Crippen LogP contribution in [0.25, 0.3) is 5.82 Å². The van der Waals surface area contributed by atoms with Crippen LogP contribution in [0.3, 0.4) is 0 Å². The van der Waals surface area contributed by atoms with Crippen LogP contribution in [0.4, 0.5) is 10.5 Å². The lowest BCUT2D eigenvalue weighted by Crippen LogP contribution is -2.39. The first kappa shape index (κ1) is 21.8. The van der Waals surface area contributed by atoms with Gasteiger partial charge < -0.3 is 15.1 Å². The predicted molar refractivity (Wildman–Crippen MR) is 123 cm³/mol. The number of amides is 3. The fourth-order valence-electron chi connectivity index (χ4n) is 3.83. The summed E-state index contributed by atoms with van der Waals surface area (Å²) >= 11 is 6.00. The molecule has 1 saturated heterocycles. The maximum Gasteiger partial charge on any atom is 0.321 e. The van der Waals surface area contributed by atoms with E-state index in [0.29, 0.717) is 61.1 Å². The number of nitrogens with zero attached hydrogens (tertiary/aromatic N) is 5. The maximum absolute atomic E-state index is 13.3. The van der Waals surface area contributed by atoms with Crippen LogP contribution >= 0.6 is 11.6 Å². The smallest absolute Gasteiger partial charge is 0.321 e. The molecule has 9 heteroatoms. The Balaban J connectivity index is 1.44. The number of hydrogen-bond donors (Lipinski definition) is 1. The second kappa shape index (κ2) is 9.82. The lowest BCUT2D eigenvalue weighted by molar-refractivity contribution is 0.0761. The molecule has 0 bridgehead atoms. The highest BCUT2D eigenvalue weighted by Gasteiger charge is 2.26. The molecule has 3 aromatic rings. The Labute approximate surface area is 191 Å². The Kier molecular flexibility index (Phi) is 6.70. The number of hydrogen-bond acceptors (Lipinski definition) is 4. The van der Waals surface area contributed by atoms with Gasteiger partial charge >= 0.3 is 6.03 Å². The number of anilines is 1. The monoisotopic (exact) mass is 452 g/mol. The topological polar surface area (TPSA) is 83.4 Å². The number of pyridine rings is 1. The molecule has 3 heterocycles. The molecule has 0 unspecified atom stereocenters. The van der Waals surface area contributed by atoms with E-state index in [0.717, 1.165) is 5.69 Å². The van der Waals surface area contributed by atoms with Gasteiger partial charge in [0.1, 0.15) is 0 Å². The summed E-state index contributed by atoms with van der Waals surface area (Å²) in [6.45, 7) is 4.06. The molecule has 32 heavy (non-hydrogen) atoms. The first-order valence-electron chi connectivity index (χ1n) is 10.7. The van der Waals surface area contributed by atoms with E-state index in [1.165, 1.54) is 0 Å². The van der Waals surface area contributed by atoms with Gasteiger partial charge in [0.15, 0.2) is 5.82 Å². The summed E-state index contributed by atoms with van der Waals surface area (Å²) in [6, 6.07) is 12.5. The minimum absolute atomic E-state index is 0.0684. The first-order valence-corrected chi connectivity index (χ1v) is 11.0. The molecule has 166 valence electrons. The summed E-state index contributed by atoms with van der Waals surface area (Å²) in [6.07, 6.45) is 4.67. The average Bonchev–Trinajstić information content (AvgIpc) is 3.08. The largest absolute Gasteiger partial charge is 0.337 e. The van der Waals surface area contributed by atoms with Crippen molar-refractivity contribution in [3.63, 3.8) is 0 Å². The van der Waals surface area contributed by atoms with E-state index >= 15 is 0 Å². The molecule has 1 aliphatic heterocycles. The SMILES string of the molecule is CCc1c(C(=O)N2CCCN(C(=O)Nc3cccc(Cl)c3)CC2)cnn1-c1ccccn1. The number of halogens is 1. The van der Waals surface area contributed by atoms with Crippen LogP contribution in [0.2, 0.25) is 5.02 Å². The predicted octanol–water partition coefficient (Wildman–Crippen LogP) is 3.86.